The molecule has 0 amide bonds. The maximum Gasteiger partial charge on any atom is 0.208 e. The summed E-state index contributed by atoms with van der Waals surface area (Å²) >= 11 is 1.65. The maximum atomic E-state index is 11.5. The second-order valence-corrected chi connectivity index (χ2v) is 5.57. The van der Waals surface area contributed by atoms with E-state index in [1.165, 1.54) is 0 Å². The number of rotatable bonds is 6. The largest absolute Gasteiger partial charge is 0.299 e. The van der Waals surface area contributed by atoms with E-state index in [9.17, 15) is 4.79 Å². The highest BCUT2D eigenvalue weighted by Gasteiger charge is 2.23. The Bertz CT molecular complexity index is 378. The summed E-state index contributed by atoms with van der Waals surface area (Å²) in [6, 6.07) is 0. The average Bonchev–Trinajstić information content (AvgIpc) is 2.90. The molecule has 1 aliphatic rings. The summed E-state index contributed by atoms with van der Waals surface area (Å²) in [5.41, 5.74) is 0. The third-order valence-corrected chi connectivity index (χ3v) is 4.01. The highest BCUT2D eigenvalue weighted by Crippen LogP contribution is 2.26. The molecule has 0 radical (unpaired) electrons. The van der Waals surface area contributed by atoms with Gasteiger partial charge < -0.3 is 0 Å². The predicted molar refractivity (Wildman–Crippen MR) is 68.1 cm³/mol. The van der Waals surface area contributed by atoms with E-state index in [0.29, 0.717) is 11.7 Å². The van der Waals surface area contributed by atoms with Crippen molar-refractivity contribution >= 4 is 17.5 Å². The summed E-state index contributed by atoms with van der Waals surface area (Å²) in [6.45, 7) is 2.13. The fourth-order valence-corrected chi connectivity index (χ4v) is 3.05. The highest BCUT2D eigenvalue weighted by molar-refractivity contribution is 7.99. The highest BCUT2D eigenvalue weighted by atomic mass is 32.2. The zero-order valence-corrected chi connectivity index (χ0v) is 11.1. The summed E-state index contributed by atoms with van der Waals surface area (Å²) in [5.74, 6) is 2.66. The fraction of sp³-hybridized carbons (Fsp3) is 0.750. The summed E-state index contributed by atoms with van der Waals surface area (Å²) in [4.78, 5) is 15.9. The van der Waals surface area contributed by atoms with Crippen molar-refractivity contribution in [2.45, 2.75) is 50.6 Å². The van der Waals surface area contributed by atoms with Crippen LogP contribution in [0.4, 0.5) is 0 Å². The smallest absolute Gasteiger partial charge is 0.208 e. The second-order valence-electron chi connectivity index (χ2n) is 4.51. The first kappa shape index (κ1) is 12.6. The number of nitrogens with one attached hydrogen (secondary N) is 1. The van der Waals surface area contributed by atoms with Gasteiger partial charge in [0.05, 0.1) is 0 Å². The molecule has 0 saturated heterocycles. The van der Waals surface area contributed by atoms with E-state index in [1.54, 1.807) is 11.8 Å². The molecule has 1 fully saturated rings. The molecule has 1 aromatic heterocycles. The SMILES string of the molecule is CCCc1nc(SCCC2CCCC2=O)n[nH]1. The number of aromatic nitrogens is 3. The van der Waals surface area contributed by atoms with E-state index < -0.39 is 0 Å². The minimum atomic E-state index is 0.302. The van der Waals surface area contributed by atoms with Crippen LogP contribution in [0.5, 0.6) is 0 Å². The topological polar surface area (TPSA) is 58.6 Å². The Morgan fingerprint density at radius 2 is 2.41 bits per heavy atom. The molecule has 0 bridgehead atoms. The van der Waals surface area contributed by atoms with Gasteiger partial charge in [-0.05, 0) is 25.7 Å². The van der Waals surface area contributed by atoms with Crippen LogP contribution in [0.25, 0.3) is 0 Å². The number of aryl methyl sites for hydroxylation is 1. The zero-order valence-electron chi connectivity index (χ0n) is 10.2. The van der Waals surface area contributed by atoms with Crippen molar-refractivity contribution in [1.29, 1.82) is 0 Å². The number of Topliss-reactive ketones (excluding diaryl/α,β-unsaturated/α-hetero) is 1. The molecule has 1 saturated carbocycles. The first-order chi connectivity index (χ1) is 8.29. The Labute approximate surface area is 106 Å². The first-order valence-electron chi connectivity index (χ1n) is 6.36. The number of hydrogen-bond acceptors (Lipinski definition) is 4. The van der Waals surface area contributed by atoms with Crippen molar-refractivity contribution in [1.82, 2.24) is 15.2 Å². The van der Waals surface area contributed by atoms with Crippen LogP contribution in [0.1, 0.15) is 44.9 Å². The molecule has 1 aromatic rings. The van der Waals surface area contributed by atoms with Crippen molar-refractivity contribution in [2.24, 2.45) is 5.92 Å². The van der Waals surface area contributed by atoms with E-state index in [-0.39, 0.29) is 0 Å². The number of carbonyl (C=O) groups excluding carboxylic acids is 1. The maximum absolute atomic E-state index is 11.5. The molecular weight excluding hydrogens is 234 g/mol. The summed E-state index contributed by atoms with van der Waals surface area (Å²) in [6.07, 6.45) is 5.95. The summed E-state index contributed by atoms with van der Waals surface area (Å²) in [7, 11) is 0. The van der Waals surface area contributed by atoms with Crippen molar-refractivity contribution in [3.05, 3.63) is 5.82 Å². The van der Waals surface area contributed by atoms with E-state index in [1.807, 2.05) is 0 Å². The van der Waals surface area contributed by atoms with Crippen molar-refractivity contribution in [3.63, 3.8) is 0 Å². The standard InChI is InChI=1S/C12H19N3OS/c1-2-4-11-13-12(15-14-11)17-8-7-9-5-3-6-10(9)16/h9H,2-8H2,1H3,(H,13,14,15). The van der Waals surface area contributed by atoms with Crippen molar-refractivity contribution in [3.8, 4) is 0 Å². The molecule has 0 aliphatic heterocycles. The van der Waals surface area contributed by atoms with Gasteiger partial charge in [-0.15, -0.1) is 5.10 Å². The molecule has 1 N–H and O–H groups in total. The Kier molecular flexibility index (Phi) is 4.59. The van der Waals surface area contributed by atoms with Crippen LogP contribution in [0.3, 0.4) is 0 Å². The number of aromatic amines is 1. The van der Waals surface area contributed by atoms with Gasteiger partial charge in [0.15, 0.2) is 0 Å². The fourth-order valence-electron chi connectivity index (χ4n) is 2.18. The van der Waals surface area contributed by atoms with Crippen molar-refractivity contribution < 1.29 is 4.79 Å². The first-order valence-corrected chi connectivity index (χ1v) is 7.35. The molecule has 1 atom stereocenters. The number of ketones is 1. The Morgan fingerprint density at radius 3 is 3.12 bits per heavy atom. The molecule has 0 spiro atoms. The molecular formula is C12H19N3OS. The van der Waals surface area contributed by atoms with Crippen LogP contribution >= 0.6 is 11.8 Å². The minimum Gasteiger partial charge on any atom is -0.299 e. The van der Waals surface area contributed by atoms with Crippen LogP contribution in [0.2, 0.25) is 0 Å². The molecule has 17 heavy (non-hydrogen) atoms. The number of carbonyl (C=O) groups is 1. The van der Waals surface area contributed by atoms with E-state index in [2.05, 4.69) is 22.1 Å². The lowest BCUT2D eigenvalue weighted by molar-refractivity contribution is -0.120. The van der Waals surface area contributed by atoms with E-state index in [0.717, 1.165) is 55.3 Å². The summed E-state index contributed by atoms with van der Waals surface area (Å²) < 4.78 is 0. The van der Waals surface area contributed by atoms with Crippen LogP contribution in [0.15, 0.2) is 5.16 Å². The quantitative estimate of drug-likeness (QED) is 0.792. The normalized spacial score (nSPS) is 20.1. The van der Waals surface area contributed by atoms with Gasteiger partial charge in [0.25, 0.3) is 0 Å². The molecule has 94 valence electrons. The van der Waals surface area contributed by atoms with E-state index >= 15 is 0 Å². The Hall–Kier alpha value is -0.840. The van der Waals surface area contributed by atoms with Gasteiger partial charge in [0, 0.05) is 24.5 Å². The molecule has 2 rings (SSSR count). The van der Waals surface area contributed by atoms with Crippen LogP contribution in [-0.2, 0) is 11.2 Å². The number of H-pyrrole nitrogens is 1. The third kappa shape index (κ3) is 3.56. The van der Waals surface area contributed by atoms with Crippen LogP contribution < -0.4 is 0 Å². The van der Waals surface area contributed by atoms with Crippen molar-refractivity contribution in [2.75, 3.05) is 5.75 Å². The molecule has 5 heteroatoms. The Balaban J connectivity index is 1.72. The van der Waals surface area contributed by atoms with Crippen LogP contribution in [0, 0.1) is 5.92 Å². The zero-order chi connectivity index (χ0) is 12.1. The number of nitrogens with zero attached hydrogens (tertiary/aromatic N) is 2. The average molecular weight is 253 g/mol. The van der Waals surface area contributed by atoms with Gasteiger partial charge >= 0.3 is 0 Å². The van der Waals surface area contributed by atoms with Gasteiger partial charge in [-0.2, -0.15) is 0 Å². The lowest BCUT2D eigenvalue weighted by atomic mass is 10.1. The minimum absolute atomic E-state index is 0.302. The molecule has 1 unspecified atom stereocenters. The van der Waals surface area contributed by atoms with Gasteiger partial charge in [-0.3, -0.25) is 9.89 Å². The van der Waals surface area contributed by atoms with Gasteiger partial charge in [0.1, 0.15) is 11.6 Å². The molecule has 4 nitrogen and oxygen atoms in total. The molecule has 1 heterocycles. The van der Waals surface area contributed by atoms with E-state index in [4.69, 9.17) is 0 Å². The monoisotopic (exact) mass is 253 g/mol. The third-order valence-electron chi connectivity index (χ3n) is 3.13. The number of thioether (sulfide) groups is 1. The summed E-state index contributed by atoms with van der Waals surface area (Å²) in [5, 5.41) is 7.92. The predicted octanol–water partition coefficient (Wildman–Crippen LogP) is 2.61. The van der Waals surface area contributed by atoms with Gasteiger partial charge in [-0.1, -0.05) is 18.7 Å². The molecule has 0 aromatic carbocycles. The van der Waals surface area contributed by atoms with Crippen LogP contribution in [-0.4, -0.2) is 26.7 Å². The lowest BCUT2D eigenvalue weighted by Gasteiger charge is -2.04. The lowest BCUT2D eigenvalue weighted by Crippen LogP contribution is -2.06. The van der Waals surface area contributed by atoms with Gasteiger partial charge in [0.2, 0.25) is 5.16 Å². The second kappa shape index (κ2) is 6.19. The molecule has 1 aliphatic carbocycles. The number of hydrogen-bond donors (Lipinski definition) is 1. The van der Waals surface area contributed by atoms with Gasteiger partial charge in [-0.25, -0.2) is 4.98 Å². The Morgan fingerprint density at radius 1 is 1.53 bits per heavy atom.